The summed E-state index contributed by atoms with van der Waals surface area (Å²) in [6, 6.07) is 12.4. The molecule has 1 heterocycles. The average molecular weight is 274 g/mol. The molecule has 0 spiro atoms. The van der Waals surface area contributed by atoms with E-state index in [0.29, 0.717) is 0 Å². The van der Waals surface area contributed by atoms with Crippen molar-refractivity contribution in [1.82, 2.24) is 10.2 Å². The fraction of sp³-hybridized carbons (Fsp3) is 0.0909. The van der Waals surface area contributed by atoms with Crippen LogP contribution in [0.2, 0.25) is 0 Å². The van der Waals surface area contributed by atoms with Crippen LogP contribution in [-0.2, 0) is 32.7 Å². The molecule has 0 bridgehead atoms. The van der Waals surface area contributed by atoms with E-state index in [4.69, 9.17) is 0 Å². The molecule has 2 rings (SSSR count). The van der Waals surface area contributed by atoms with Gasteiger partial charge in [0.25, 0.3) is 0 Å². The predicted molar refractivity (Wildman–Crippen MR) is 53.9 cm³/mol. The fourth-order valence-corrected chi connectivity index (χ4v) is 1.31. The molecule has 4 heteroatoms. The molecule has 0 atom stereocenters. The first-order chi connectivity index (χ1) is 6.77. The molecule has 0 aliphatic heterocycles. The number of rotatable bonds is 1. The number of aromatic amines is 1. The van der Waals surface area contributed by atoms with E-state index in [1.54, 1.807) is 0 Å². The maximum atomic E-state index is 11.0. The molecule has 2 aromatic rings. The van der Waals surface area contributed by atoms with Crippen molar-refractivity contribution in [3.63, 3.8) is 0 Å². The quantitative estimate of drug-likeness (QED) is 0.802. The van der Waals surface area contributed by atoms with Crippen LogP contribution in [0, 0.1) is 13.0 Å². The number of aromatic nitrogens is 2. The van der Waals surface area contributed by atoms with Crippen molar-refractivity contribution in [2.24, 2.45) is 0 Å². The molecule has 0 aliphatic rings. The summed E-state index contributed by atoms with van der Waals surface area (Å²) < 4.78 is 0. The number of hydrogen-bond donors (Lipinski definition) is 1. The molecule has 0 amide bonds. The number of H-pyrrole nitrogens is 1. The van der Waals surface area contributed by atoms with Gasteiger partial charge < -0.3 is 0 Å². The van der Waals surface area contributed by atoms with E-state index >= 15 is 0 Å². The third-order valence-corrected chi connectivity index (χ3v) is 1.99. The molecular formula is C11H9N2OY-. The summed E-state index contributed by atoms with van der Waals surface area (Å²) in [5.41, 5.74) is 2.20. The Bertz CT molecular complexity index is 493. The van der Waals surface area contributed by atoms with E-state index in [0.717, 1.165) is 16.8 Å². The van der Waals surface area contributed by atoms with E-state index in [9.17, 15) is 4.79 Å². The number of nitrogens with zero attached hydrogens (tertiary/aromatic N) is 1. The van der Waals surface area contributed by atoms with Gasteiger partial charge in [-0.3, -0.25) is 9.89 Å². The molecule has 15 heavy (non-hydrogen) atoms. The maximum absolute atomic E-state index is 11.0. The Morgan fingerprint density at radius 3 is 2.60 bits per heavy atom. The van der Waals surface area contributed by atoms with E-state index < -0.39 is 0 Å². The molecule has 0 saturated heterocycles. The summed E-state index contributed by atoms with van der Waals surface area (Å²) in [5, 5.41) is 6.23. The van der Waals surface area contributed by atoms with Crippen molar-refractivity contribution in [3.8, 4) is 11.1 Å². The summed E-state index contributed by atoms with van der Waals surface area (Å²) in [7, 11) is 0. The van der Waals surface area contributed by atoms with Gasteiger partial charge in [-0.2, -0.15) is 5.56 Å². The van der Waals surface area contributed by atoms with Gasteiger partial charge in [-0.1, -0.05) is 25.1 Å². The van der Waals surface area contributed by atoms with E-state index in [-0.39, 0.29) is 38.3 Å². The molecule has 0 unspecified atom stereocenters. The first-order valence-electron chi connectivity index (χ1n) is 4.31. The smallest absolute Gasteiger partial charge is 0.204 e. The van der Waals surface area contributed by atoms with Crippen LogP contribution in [0.4, 0.5) is 0 Å². The first kappa shape index (κ1) is 12.3. The predicted octanol–water partition coefficient (Wildman–Crippen LogP) is 1.54. The number of benzene rings is 1. The Hall–Kier alpha value is -0.796. The van der Waals surface area contributed by atoms with Crippen LogP contribution in [0.25, 0.3) is 11.1 Å². The van der Waals surface area contributed by atoms with Gasteiger partial charge in [-0.25, -0.2) is 5.10 Å². The van der Waals surface area contributed by atoms with Crippen molar-refractivity contribution in [3.05, 3.63) is 52.4 Å². The minimum atomic E-state index is -0.297. The molecular weight excluding hydrogens is 265 g/mol. The van der Waals surface area contributed by atoms with Crippen LogP contribution >= 0.6 is 0 Å². The van der Waals surface area contributed by atoms with E-state index in [1.165, 1.54) is 0 Å². The second-order valence-corrected chi connectivity index (χ2v) is 3.00. The van der Waals surface area contributed by atoms with Gasteiger partial charge in [-0.15, -0.1) is 23.8 Å². The van der Waals surface area contributed by atoms with Gasteiger partial charge in [0.2, 0.25) is 5.56 Å². The standard InChI is InChI=1S/C11H9N2O.Y/c1-8-10(7-11(14)13-12-8)9-5-3-2-4-6-9;/h2-6H,1H3,(H,13,14);/q-1;. The van der Waals surface area contributed by atoms with Gasteiger partial charge in [-0.05, 0) is 5.69 Å². The Kier molecular flexibility index (Phi) is 4.36. The van der Waals surface area contributed by atoms with Gasteiger partial charge in [0, 0.05) is 32.7 Å². The molecule has 1 aromatic carbocycles. The minimum Gasteiger partial charge on any atom is -0.284 e. The summed E-state index contributed by atoms with van der Waals surface area (Å²) >= 11 is 0. The topological polar surface area (TPSA) is 45.8 Å². The number of hydrogen-bond acceptors (Lipinski definition) is 2. The van der Waals surface area contributed by atoms with Crippen molar-refractivity contribution in [2.75, 3.05) is 0 Å². The largest absolute Gasteiger partial charge is 0.284 e. The molecule has 1 N–H and O–H groups in total. The van der Waals surface area contributed by atoms with Crippen LogP contribution in [0.15, 0.2) is 35.1 Å². The van der Waals surface area contributed by atoms with Crippen LogP contribution in [0.5, 0.6) is 0 Å². The zero-order valence-corrected chi connectivity index (χ0v) is 11.2. The second-order valence-electron chi connectivity index (χ2n) is 3.00. The fourth-order valence-electron chi connectivity index (χ4n) is 1.31. The Morgan fingerprint density at radius 1 is 1.27 bits per heavy atom. The van der Waals surface area contributed by atoms with Crippen LogP contribution in [0.1, 0.15) is 5.69 Å². The van der Waals surface area contributed by atoms with Crippen LogP contribution in [-0.4, -0.2) is 10.2 Å². The number of nitrogens with one attached hydrogen (secondary N) is 1. The molecule has 0 aliphatic carbocycles. The molecule has 1 radical (unpaired) electrons. The third kappa shape index (κ3) is 2.83. The van der Waals surface area contributed by atoms with Gasteiger partial charge in [0.05, 0.1) is 0 Å². The van der Waals surface area contributed by atoms with Crippen molar-refractivity contribution in [1.29, 1.82) is 0 Å². The summed E-state index contributed by atoms with van der Waals surface area (Å²) in [5.74, 6) is 0. The first-order valence-corrected chi connectivity index (χ1v) is 4.31. The third-order valence-electron chi connectivity index (χ3n) is 1.99. The SMILES string of the molecule is Cc1n[nH]c(=O)[c-]c1-c1ccccc1.[Y]. The van der Waals surface area contributed by atoms with Crippen molar-refractivity contribution < 1.29 is 32.7 Å². The van der Waals surface area contributed by atoms with Gasteiger partial charge in [0.15, 0.2) is 0 Å². The van der Waals surface area contributed by atoms with Crippen LogP contribution in [0.3, 0.4) is 0 Å². The van der Waals surface area contributed by atoms with Crippen LogP contribution < -0.4 is 5.56 Å². The normalized spacial score (nSPS) is 9.40. The zero-order valence-electron chi connectivity index (χ0n) is 8.32. The average Bonchev–Trinajstić information content (AvgIpc) is 2.23. The number of aryl methyl sites for hydroxylation is 1. The molecule has 1 aromatic heterocycles. The van der Waals surface area contributed by atoms with E-state index in [2.05, 4.69) is 16.3 Å². The molecule has 3 nitrogen and oxygen atoms in total. The molecule has 0 fully saturated rings. The Labute approximate surface area is 113 Å². The summed E-state index contributed by atoms with van der Waals surface area (Å²) in [6.07, 6.45) is 0. The zero-order chi connectivity index (χ0) is 9.97. The Morgan fingerprint density at radius 2 is 1.93 bits per heavy atom. The van der Waals surface area contributed by atoms with Gasteiger partial charge in [0.1, 0.15) is 0 Å². The summed E-state index contributed by atoms with van der Waals surface area (Å²) in [6.45, 7) is 1.84. The van der Waals surface area contributed by atoms with Gasteiger partial charge >= 0.3 is 0 Å². The second kappa shape index (κ2) is 5.33. The molecule has 0 saturated carbocycles. The van der Waals surface area contributed by atoms with Crippen molar-refractivity contribution >= 4 is 0 Å². The maximum Gasteiger partial charge on any atom is 0.204 e. The molecule has 73 valence electrons. The Balaban J connectivity index is 0.00000112. The summed E-state index contributed by atoms with van der Waals surface area (Å²) in [4.78, 5) is 11.0. The van der Waals surface area contributed by atoms with Crippen molar-refractivity contribution in [2.45, 2.75) is 6.92 Å². The monoisotopic (exact) mass is 274 g/mol. The minimum absolute atomic E-state index is 0. The van der Waals surface area contributed by atoms with E-state index in [1.807, 2.05) is 37.3 Å².